The first-order valence-corrected chi connectivity index (χ1v) is 5.70. The Bertz CT molecular complexity index is 395. The van der Waals surface area contributed by atoms with E-state index in [4.69, 9.17) is 5.73 Å². The van der Waals surface area contributed by atoms with Gasteiger partial charge in [-0.25, -0.2) is 4.79 Å². The van der Waals surface area contributed by atoms with E-state index >= 15 is 0 Å². The number of benzene rings is 1. The lowest BCUT2D eigenvalue weighted by atomic mass is 9.95. The van der Waals surface area contributed by atoms with E-state index in [1.807, 2.05) is 6.07 Å². The second-order valence-corrected chi connectivity index (χ2v) is 4.32. The van der Waals surface area contributed by atoms with Crippen molar-refractivity contribution in [2.75, 3.05) is 12.8 Å². The van der Waals surface area contributed by atoms with Crippen LogP contribution in [0.1, 0.15) is 47.5 Å². The van der Waals surface area contributed by atoms with Crippen molar-refractivity contribution in [1.29, 1.82) is 0 Å². The smallest absolute Gasteiger partial charge is 0.337 e. The highest BCUT2D eigenvalue weighted by Crippen LogP contribution is 2.37. The molecular formula is C13H17NO2. The van der Waals surface area contributed by atoms with Crippen molar-refractivity contribution in [3.05, 3.63) is 29.3 Å². The number of hydrogen-bond acceptors (Lipinski definition) is 3. The summed E-state index contributed by atoms with van der Waals surface area (Å²) in [5.41, 5.74) is 8.42. The third-order valence-electron chi connectivity index (χ3n) is 3.30. The summed E-state index contributed by atoms with van der Waals surface area (Å²) in [6, 6.07) is 5.49. The number of esters is 1. The zero-order valence-electron chi connectivity index (χ0n) is 9.53. The predicted molar refractivity (Wildman–Crippen MR) is 63.4 cm³/mol. The summed E-state index contributed by atoms with van der Waals surface area (Å²) in [5, 5.41) is 0. The van der Waals surface area contributed by atoms with Gasteiger partial charge in [0.15, 0.2) is 0 Å². The first-order valence-electron chi connectivity index (χ1n) is 5.70. The van der Waals surface area contributed by atoms with Crippen LogP contribution in [-0.2, 0) is 4.74 Å². The van der Waals surface area contributed by atoms with Gasteiger partial charge in [-0.1, -0.05) is 18.9 Å². The van der Waals surface area contributed by atoms with Crippen LogP contribution in [0.25, 0.3) is 0 Å². The van der Waals surface area contributed by atoms with Gasteiger partial charge in [0.2, 0.25) is 0 Å². The average Bonchev–Trinajstić information content (AvgIpc) is 2.81. The lowest BCUT2D eigenvalue weighted by molar-refractivity contribution is 0.0601. The third-order valence-corrected chi connectivity index (χ3v) is 3.30. The predicted octanol–water partition coefficient (Wildman–Crippen LogP) is 2.71. The van der Waals surface area contributed by atoms with Gasteiger partial charge < -0.3 is 10.5 Å². The molecule has 1 aromatic rings. The van der Waals surface area contributed by atoms with Crippen molar-refractivity contribution in [3.8, 4) is 0 Å². The fraction of sp³-hybridized carbons (Fsp3) is 0.462. The van der Waals surface area contributed by atoms with Crippen LogP contribution in [-0.4, -0.2) is 13.1 Å². The number of carbonyl (C=O) groups excluding carboxylic acids is 1. The Balaban J connectivity index is 2.25. The van der Waals surface area contributed by atoms with Gasteiger partial charge in [-0.3, -0.25) is 0 Å². The highest BCUT2D eigenvalue weighted by molar-refractivity contribution is 5.90. The van der Waals surface area contributed by atoms with Crippen molar-refractivity contribution in [2.24, 2.45) is 0 Å². The summed E-state index contributed by atoms with van der Waals surface area (Å²) >= 11 is 0. The molecule has 16 heavy (non-hydrogen) atoms. The minimum absolute atomic E-state index is 0.329. The van der Waals surface area contributed by atoms with Gasteiger partial charge in [0, 0.05) is 5.69 Å². The second kappa shape index (κ2) is 4.56. The molecule has 0 heterocycles. The Kier molecular flexibility index (Phi) is 3.13. The molecule has 1 aliphatic rings. The monoisotopic (exact) mass is 219 g/mol. The summed E-state index contributed by atoms with van der Waals surface area (Å²) in [6.45, 7) is 0. The van der Waals surface area contributed by atoms with Crippen molar-refractivity contribution >= 4 is 11.7 Å². The summed E-state index contributed by atoms with van der Waals surface area (Å²) in [7, 11) is 1.38. The molecule has 1 saturated carbocycles. The van der Waals surface area contributed by atoms with Gasteiger partial charge in [-0.2, -0.15) is 0 Å². The minimum atomic E-state index is -0.329. The first kappa shape index (κ1) is 11.0. The van der Waals surface area contributed by atoms with Crippen molar-refractivity contribution < 1.29 is 9.53 Å². The van der Waals surface area contributed by atoms with E-state index in [0.29, 0.717) is 11.5 Å². The molecule has 1 aromatic carbocycles. The van der Waals surface area contributed by atoms with E-state index in [1.165, 1.54) is 38.4 Å². The number of anilines is 1. The lowest BCUT2D eigenvalue weighted by Gasteiger charge is -2.13. The van der Waals surface area contributed by atoms with Crippen molar-refractivity contribution in [1.82, 2.24) is 0 Å². The van der Waals surface area contributed by atoms with E-state index in [-0.39, 0.29) is 5.97 Å². The van der Waals surface area contributed by atoms with Gasteiger partial charge in [0.25, 0.3) is 0 Å². The molecule has 0 atom stereocenters. The largest absolute Gasteiger partial charge is 0.465 e. The minimum Gasteiger partial charge on any atom is -0.465 e. The molecule has 2 rings (SSSR count). The van der Waals surface area contributed by atoms with Crippen LogP contribution in [0.2, 0.25) is 0 Å². The van der Waals surface area contributed by atoms with Crippen LogP contribution in [0.3, 0.4) is 0 Å². The Hall–Kier alpha value is -1.51. The molecule has 0 spiro atoms. The Labute approximate surface area is 95.6 Å². The van der Waals surface area contributed by atoms with Crippen LogP contribution in [0.5, 0.6) is 0 Å². The molecular weight excluding hydrogens is 202 g/mol. The van der Waals surface area contributed by atoms with E-state index in [0.717, 1.165) is 5.69 Å². The quantitative estimate of drug-likeness (QED) is 0.614. The van der Waals surface area contributed by atoms with Gasteiger partial charge in [0.05, 0.1) is 12.7 Å². The lowest BCUT2D eigenvalue weighted by Crippen LogP contribution is -2.05. The van der Waals surface area contributed by atoms with Gasteiger partial charge in [-0.15, -0.1) is 0 Å². The van der Waals surface area contributed by atoms with Crippen LogP contribution >= 0.6 is 0 Å². The second-order valence-electron chi connectivity index (χ2n) is 4.32. The third kappa shape index (κ3) is 2.03. The maximum atomic E-state index is 11.3. The fourth-order valence-corrected chi connectivity index (χ4v) is 2.43. The number of hydrogen-bond donors (Lipinski definition) is 1. The SMILES string of the molecule is COC(=O)c1ccc(C2CCCC2)c(N)c1. The van der Waals surface area contributed by atoms with E-state index in [2.05, 4.69) is 4.74 Å². The Morgan fingerprint density at radius 2 is 2.06 bits per heavy atom. The van der Waals surface area contributed by atoms with Gasteiger partial charge in [0.1, 0.15) is 0 Å². The molecule has 0 aromatic heterocycles. The Morgan fingerprint density at radius 1 is 1.38 bits per heavy atom. The number of methoxy groups -OCH3 is 1. The molecule has 1 fully saturated rings. The molecule has 3 heteroatoms. The maximum Gasteiger partial charge on any atom is 0.337 e. The molecule has 0 saturated heterocycles. The molecule has 0 bridgehead atoms. The highest BCUT2D eigenvalue weighted by Gasteiger charge is 2.19. The normalized spacial score (nSPS) is 16.3. The zero-order valence-corrected chi connectivity index (χ0v) is 9.53. The summed E-state index contributed by atoms with van der Waals surface area (Å²) < 4.78 is 4.66. The number of rotatable bonds is 2. The zero-order chi connectivity index (χ0) is 11.5. The summed E-state index contributed by atoms with van der Waals surface area (Å²) in [6.07, 6.45) is 4.98. The van der Waals surface area contributed by atoms with E-state index < -0.39 is 0 Å². The number of nitrogens with two attached hydrogens (primary N) is 1. The maximum absolute atomic E-state index is 11.3. The molecule has 0 unspecified atom stereocenters. The highest BCUT2D eigenvalue weighted by atomic mass is 16.5. The molecule has 3 nitrogen and oxygen atoms in total. The van der Waals surface area contributed by atoms with Gasteiger partial charge >= 0.3 is 5.97 Å². The number of carbonyl (C=O) groups is 1. The summed E-state index contributed by atoms with van der Waals surface area (Å²) in [5.74, 6) is 0.247. The van der Waals surface area contributed by atoms with Crippen molar-refractivity contribution in [3.63, 3.8) is 0 Å². The van der Waals surface area contributed by atoms with E-state index in [1.54, 1.807) is 12.1 Å². The molecule has 86 valence electrons. The Morgan fingerprint density at radius 3 is 2.62 bits per heavy atom. The van der Waals surface area contributed by atoms with Crippen LogP contribution in [0.15, 0.2) is 18.2 Å². The fourth-order valence-electron chi connectivity index (χ4n) is 2.43. The number of nitrogen functional groups attached to an aromatic ring is 1. The molecule has 0 radical (unpaired) electrons. The van der Waals surface area contributed by atoms with Gasteiger partial charge in [-0.05, 0) is 36.5 Å². The molecule has 0 amide bonds. The summed E-state index contributed by atoms with van der Waals surface area (Å²) in [4.78, 5) is 11.3. The topological polar surface area (TPSA) is 52.3 Å². The average molecular weight is 219 g/mol. The van der Waals surface area contributed by atoms with Crippen molar-refractivity contribution in [2.45, 2.75) is 31.6 Å². The first-order chi connectivity index (χ1) is 7.72. The van der Waals surface area contributed by atoms with Crippen LogP contribution < -0.4 is 5.73 Å². The molecule has 1 aliphatic carbocycles. The standard InChI is InChI=1S/C13H17NO2/c1-16-13(15)10-6-7-11(12(14)8-10)9-4-2-3-5-9/h6-9H,2-5,14H2,1H3. The molecule has 2 N–H and O–H groups in total. The van der Waals surface area contributed by atoms with E-state index in [9.17, 15) is 4.79 Å². The molecule has 0 aliphatic heterocycles. The van der Waals surface area contributed by atoms with Crippen LogP contribution in [0.4, 0.5) is 5.69 Å². The van der Waals surface area contributed by atoms with Crippen LogP contribution in [0, 0.1) is 0 Å². The number of ether oxygens (including phenoxy) is 1.